The molecule has 1 aliphatic heterocycles. The summed E-state index contributed by atoms with van der Waals surface area (Å²) in [5, 5.41) is 0. The number of rotatable bonds is 6. The van der Waals surface area contributed by atoms with Gasteiger partial charge in [0.1, 0.15) is 11.9 Å². The SMILES string of the molecule is CC(=O)CCCCCC1CCC(=O)O1. The van der Waals surface area contributed by atoms with Gasteiger partial charge in [0, 0.05) is 12.8 Å². The molecule has 0 N–H and O–H groups in total. The molecule has 14 heavy (non-hydrogen) atoms. The molecule has 0 aromatic carbocycles. The average molecular weight is 198 g/mol. The van der Waals surface area contributed by atoms with Crippen molar-refractivity contribution in [3.63, 3.8) is 0 Å². The van der Waals surface area contributed by atoms with Gasteiger partial charge in [0.15, 0.2) is 0 Å². The molecule has 80 valence electrons. The third kappa shape index (κ3) is 4.40. The first-order valence-electron chi connectivity index (χ1n) is 5.37. The largest absolute Gasteiger partial charge is 0.462 e. The molecule has 1 saturated heterocycles. The van der Waals surface area contributed by atoms with Gasteiger partial charge in [-0.05, 0) is 32.6 Å². The Morgan fingerprint density at radius 2 is 2.21 bits per heavy atom. The number of ether oxygens (including phenoxy) is 1. The van der Waals surface area contributed by atoms with Crippen molar-refractivity contribution in [2.75, 3.05) is 0 Å². The van der Waals surface area contributed by atoms with Crippen molar-refractivity contribution in [3.8, 4) is 0 Å². The fraction of sp³-hybridized carbons (Fsp3) is 0.818. The summed E-state index contributed by atoms with van der Waals surface area (Å²) in [6.07, 6.45) is 6.35. The Hall–Kier alpha value is -0.860. The van der Waals surface area contributed by atoms with Crippen LogP contribution < -0.4 is 0 Å². The van der Waals surface area contributed by atoms with Crippen LogP contribution in [0.3, 0.4) is 0 Å². The lowest BCUT2D eigenvalue weighted by Gasteiger charge is -2.07. The number of unbranched alkanes of at least 4 members (excludes halogenated alkanes) is 2. The van der Waals surface area contributed by atoms with Gasteiger partial charge >= 0.3 is 5.97 Å². The highest BCUT2D eigenvalue weighted by atomic mass is 16.5. The minimum Gasteiger partial charge on any atom is -0.462 e. The fourth-order valence-corrected chi connectivity index (χ4v) is 1.71. The first kappa shape index (κ1) is 11.2. The standard InChI is InChI=1S/C11H18O3/c1-9(12)5-3-2-4-6-10-7-8-11(13)14-10/h10H,2-8H2,1H3. The van der Waals surface area contributed by atoms with Crippen LogP contribution in [-0.2, 0) is 14.3 Å². The maximum atomic E-state index is 10.8. The summed E-state index contributed by atoms with van der Waals surface area (Å²) in [6, 6.07) is 0. The zero-order valence-corrected chi connectivity index (χ0v) is 8.75. The quantitative estimate of drug-likeness (QED) is 0.485. The second kappa shape index (κ2) is 5.78. The number of hydrogen-bond acceptors (Lipinski definition) is 3. The Balaban J connectivity index is 1.94. The summed E-state index contributed by atoms with van der Waals surface area (Å²) in [4.78, 5) is 21.4. The van der Waals surface area contributed by atoms with Crippen LogP contribution in [0.15, 0.2) is 0 Å². The predicted molar refractivity (Wildman–Crippen MR) is 52.9 cm³/mol. The summed E-state index contributed by atoms with van der Waals surface area (Å²) < 4.78 is 5.08. The van der Waals surface area contributed by atoms with Crippen LogP contribution in [0.5, 0.6) is 0 Å². The molecule has 1 fully saturated rings. The molecule has 1 unspecified atom stereocenters. The van der Waals surface area contributed by atoms with Crippen molar-refractivity contribution in [2.24, 2.45) is 0 Å². The molecule has 3 heteroatoms. The van der Waals surface area contributed by atoms with Crippen molar-refractivity contribution in [3.05, 3.63) is 0 Å². The normalized spacial score (nSPS) is 20.9. The van der Waals surface area contributed by atoms with E-state index in [1.165, 1.54) is 0 Å². The molecule has 0 bridgehead atoms. The fourth-order valence-electron chi connectivity index (χ4n) is 1.71. The summed E-state index contributed by atoms with van der Waals surface area (Å²) in [5.41, 5.74) is 0. The monoisotopic (exact) mass is 198 g/mol. The molecule has 0 saturated carbocycles. The van der Waals surface area contributed by atoms with Gasteiger partial charge in [-0.1, -0.05) is 6.42 Å². The molecule has 0 aliphatic carbocycles. The molecule has 0 spiro atoms. The zero-order valence-electron chi connectivity index (χ0n) is 8.75. The Morgan fingerprint density at radius 3 is 2.79 bits per heavy atom. The van der Waals surface area contributed by atoms with E-state index in [-0.39, 0.29) is 17.9 Å². The Bertz CT molecular complexity index is 211. The van der Waals surface area contributed by atoms with Crippen LogP contribution in [0, 0.1) is 0 Å². The summed E-state index contributed by atoms with van der Waals surface area (Å²) in [6.45, 7) is 1.62. The van der Waals surface area contributed by atoms with E-state index in [4.69, 9.17) is 4.74 Å². The lowest BCUT2D eigenvalue weighted by Crippen LogP contribution is -2.06. The summed E-state index contributed by atoms with van der Waals surface area (Å²) in [5.74, 6) is 0.205. The zero-order chi connectivity index (χ0) is 10.4. The molecule has 1 heterocycles. The van der Waals surface area contributed by atoms with Crippen molar-refractivity contribution in [1.29, 1.82) is 0 Å². The highest BCUT2D eigenvalue weighted by Gasteiger charge is 2.22. The van der Waals surface area contributed by atoms with E-state index in [0.29, 0.717) is 12.8 Å². The van der Waals surface area contributed by atoms with Crippen molar-refractivity contribution in [1.82, 2.24) is 0 Å². The van der Waals surface area contributed by atoms with Gasteiger partial charge in [-0.2, -0.15) is 0 Å². The second-order valence-electron chi connectivity index (χ2n) is 3.95. The molecule has 0 aromatic rings. The van der Waals surface area contributed by atoms with Gasteiger partial charge in [-0.3, -0.25) is 4.79 Å². The van der Waals surface area contributed by atoms with Crippen LogP contribution in [0.1, 0.15) is 51.9 Å². The van der Waals surface area contributed by atoms with Crippen LogP contribution in [0.2, 0.25) is 0 Å². The third-order valence-corrected chi connectivity index (χ3v) is 2.52. The first-order chi connectivity index (χ1) is 6.68. The lowest BCUT2D eigenvalue weighted by molar-refractivity contribution is -0.141. The molecular weight excluding hydrogens is 180 g/mol. The molecule has 0 aromatic heterocycles. The predicted octanol–water partition coefficient (Wildman–Crippen LogP) is 2.23. The van der Waals surface area contributed by atoms with Crippen molar-refractivity contribution in [2.45, 2.75) is 58.0 Å². The number of esters is 1. The number of Topliss-reactive ketones (excluding diaryl/α,β-unsaturated/α-hetero) is 1. The maximum Gasteiger partial charge on any atom is 0.306 e. The summed E-state index contributed by atoms with van der Waals surface area (Å²) >= 11 is 0. The molecule has 1 aliphatic rings. The topological polar surface area (TPSA) is 43.4 Å². The molecule has 0 amide bonds. The van der Waals surface area contributed by atoms with Crippen LogP contribution >= 0.6 is 0 Å². The van der Waals surface area contributed by atoms with E-state index in [2.05, 4.69) is 0 Å². The Kier molecular flexibility index (Phi) is 4.63. The van der Waals surface area contributed by atoms with Gasteiger partial charge in [-0.25, -0.2) is 0 Å². The van der Waals surface area contributed by atoms with Gasteiger partial charge in [0.2, 0.25) is 0 Å². The van der Waals surface area contributed by atoms with E-state index in [9.17, 15) is 9.59 Å². The van der Waals surface area contributed by atoms with Crippen LogP contribution in [-0.4, -0.2) is 17.9 Å². The molecule has 0 radical (unpaired) electrons. The number of cyclic esters (lactones) is 1. The van der Waals surface area contributed by atoms with Crippen molar-refractivity contribution < 1.29 is 14.3 Å². The summed E-state index contributed by atoms with van der Waals surface area (Å²) in [7, 11) is 0. The first-order valence-corrected chi connectivity index (χ1v) is 5.37. The third-order valence-electron chi connectivity index (χ3n) is 2.52. The van der Waals surface area contributed by atoms with Gasteiger partial charge in [-0.15, -0.1) is 0 Å². The highest BCUT2D eigenvalue weighted by molar-refractivity contribution is 5.75. The second-order valence-corrected chi connectivity index (χ2v) is 3.95. The van der Waals surface area contributed by atoms with Gasteiger partial charge < -0.3 is 9.53 Å². The molecule has 3 nitrogen and oxygen atoms in total. The van der Waals surface area contributed by atoms with Gasteiger partial charge in [0.25, 0.3) is 0 Å². The molecular formula is C11H18O3. The van der Waals surface area contributed by atoms with Crippen LogP contribution in [0.25, 0.3) is 0 Å². The number of carbonyl (C=O) groups is 2. The Labute approximate surface area is 84.8 Å². The highest BCUT2D eigenvalue weighted by Crippen LogP contribution is 2.19. The molecule has 1 rings (SSSR count). The van der Waals surface area contributed by atoms with Gasteiger partial charge in [0.05, 0.1) is 0 Å². The van der Waals surface area contributed by atoms with E-state index in [0.717, 1.165) is 32.1 Å². The van der Waals surface area contributed by atoms with E-state index >= 15 is 0 Å². The minimum atomic E-state index is -0.0567. The maximum absolute atomic E-state index is 10.8. The number of hydrogen-bond donors (Lipinski definition) is 0. The van der Waals surface area contributed by atoms with E-state index < -0.39 is 0 Å². The number of ketones is 1. The number of carbonyl (C=O) groups excluding carboxylic acids is 2. The smallest absolute Gasteiger partial charge is 0.306 e. The van der Waals surface area contributed by atoms with E-state index in [1.54, 1.807) is 6.92 Å². The van der Waals surface area contributed by atoms with Crippen LogP contribution in [0.4, 0.5) is 0 Å². The lowest BCUT2D eigenvalue weighted by atomic mass is 10.1. The molecule has 1 atom stereocenters. The average Bonchev–Trinajstić information content (AvgIpc) is 2.50. The Morgan fingerprint density at radius 1 is 1.43 bits per heavy atom. The van der Waals surface area contributed by atoms with E-state index in [1.807, 2.05) is 0 Å². The minimum absolute atomic E-state index is 0.0567. The van der Waals surface area contributed by atoms with Crippen molar-refractivity contribution >= 4 is 11.8 Å².